The predicted octanol–water partition coefficient (Wildman–Crippen LogP) is 2.68. The first-order valence-corrected chi connectivity index (χ1v) is 7.05. The molecule has 21 heavy (non-hydrogen) atoms. The van der Waals surface area contributed by atoms with Crippen LogP contribution in [0, 0.1) is 0 Å². The Bertz CT molecular complexity index is 597. The Kier molecular flexibility index (Phi) is 5.72. The highest BCUT2D eigenvalue weighted by Gasteiger charge is 2.10. The van der Waals surface area contributed by atoms with Gasteiger partial charge in [-0.2, -0.15) is 0 Å². The van der Waals surface area contributed by atoms with Gasteiger partial charge < -0.3 is 14.8 Å². The van der Waals surface area contributed by atoms with Crippen molar-refractivity contribution < 1.29 is 14.3 Å². The first-order chi connectivity index (χ1) is 10.2. The van der Waals surface area contributed by atoms with Gasteiger partial charge in [0.05, 0.1) is 19.3 Å². The molecule has 0 aliphatic carbocycles. The predicted molar refractivity (Wildman–Crippen MR) is 83.2 cm³/mol. The summed E-state index contributed by atoms with van der Waals surface area (Å²) in [6, 6.07) is 14.3. The molecule has 2 rings (SSSR count). The van der Waals surface area contributed by atoms with Gasteiger partial charge in [0.15, 0.2) is 0 Å². The van der Waals surface area contributed by atoms with Crippen LogP contribution in [0.15, 0.2) is 42.5 Å². The van der Waals surface area contributed by atoms with Crippen LogP contribution < -0.4 is 5.32 Å². The van der Waals surface area contributed by atoms with Crippen molar-refractivity contribution >= 4 is 16.7 Å². The van der Waals surface area contributed by atoms with Crippen molar-refractivity contribution in [1.82, 2.24) is 5.32 Å². The summed E-state index contributed by atoms with van der Waals surface area (Å²) in [7, 11) is 1.60. The van der Waals surface area contributed by atoms with Gasteiger partial charge in [-0.1, -0.05) is 36.4 Å². The third-order valence-corrected chi connectivity index (χ3v) is 3.32. The van der Waals surface area contributed by atoms with E-state index in [9.17, 15) is 4.79 Å². The molecule has 0 bridgehead atoms. The molecule has 0 aromatic heterocycles. The lowest BCUT2D eigenvalue weighted by Gasteiger charge is -2.15. The second kappa shape index (κ2) is 7.76. The minimum Gasteiger partial charge on any atom is -0.382 e. The average molecular weight is 287 g/mol. The molecule has 1 N–H and O–H groups in total. The first kappa shape index (κ1) is 15.5. The third kappa shape index (κ3) is 4.55. The maximum Gasteiger partial charge on any atom is 0.246 e. The molecule has 0 aliphatic heterocycles. The summed E-state index contributed by atoms with van der Waals surface area (Å²) in [6.45, 7) is 2.94. The van der Waals surface area contributed by atoms with Gasteiger partial charge in [-0.3, -0.25) is 4.79 Å². The first-order valence-electron chi connectivity index (χ1n) is 7.05. The minimum atomic E-state index is -0.119. The molecule has 112 valence electrons. The van der Waals surface area contributed by atoms with Gasteiger partial charge in [0.1, 0.15) is 6.61 Å². The molecule has 0 heterocycles. The smallest absolute Gasteiger partial charge is 0.246 e. The highest BCUT2D eigenvalue weighted by Crippen LogP contribution is 2.20. The summed E-state index contributed by atoms with van der Waals surface area (Å²) in [5.41, 5.74) is 1.08. The van der Waals surface area contributed by atoms with Crippen LogP contribution in [0.3, 0.4) is 0 Å². The standard InChI is InChI=1S/C17H21NO3/c1-13(18-17(19)12-21-10-9-20-2)15-8-7-14-5-3-4-6-16(14)11-15/h3-8,11,13H,9-10,12H2,1-2H3,(H,18,19)/t13-/m0/s1. The maximum atomic E-state index is 11.8. The van der Waals surface area contributed by atoms with Crippen molar-refractivity contribution in [2.45, 2.75) is 13.0 Å². The normalized spacial score (nSPS) is 12.3. The number of methoxy groups -OCH3 is 1. The van der Waals surface area contributed by atoms with E-state index in [-0.39, 0.29) is 18.6 Å². The van der Waals surface area contributed by atoms with E-state index in [4.69, 9.17) is 9.47 Å². The molecule has 4 heteroatoms. The monoisotopic (exact) mass is 287 g/mol. The molecule has 2 aromatic carbocycles. The molecule has 0 fully saturated rings. The Morgan fingerprint density at radius 3 is 2.67 bits per heavy atom. The molecule has 1 amide bonds. The number of benzene rings is 2. The van der Waals surface area contributed by atoms with Crippen molar-refractivity contribution in [1.29, 1.82) is 0 Å². The molecule has 0 radical (unpaired) electrons. The number of carbonyl (C=O) groups excluding carboxylic acids is 1. The molecule has 0 saturated carbocycles. The van der Waals surface area contributed by atoms with Crippen LogP contribution >= 0.6 is 0 Å². The summed E-state index contributed by atoms with van der Waals surface area (Å²) in [4.78, 5) is 11.8. The van der Waals surface area contributed by atoms with Crippen LogP contribution in [0.5, 0.6) is 0 Å². The topological polar surface area (TPSA) is 47.6 Å². The van der Waals surface area contributed by atoms with Crippen molar-refractivity contribution in [3.8, 4) is 0 Å². The number of rotatable bonds is 7. The number of ether oxygens (including phenoxy) is 2. The van der Waals surface area contributed by atoms with Crippen molar-refractivity contribution in [3.63, 3.8) is 0 Å². The van der Waals surface area contributed by atoms with E-state index in [1.54, 1.807) is 7.11 Å². The van der Waals surface area contributed by atoms with Crippen LogP contribution in [0.2, 0.25) is 0 Å². The maximum absolute atomic E-state index is 11.8. The Morgan fingerprint density at radius 1 is 1.14 bits per heavy atom. The van der Waals surface area contributed by atoms with Crippen molar-refractivity contribution in [3.05, 3.63) is 48.0 Å². The number of hydrogen-bond acceptors (Lipinski definition) is 3. The second-order valence-corrected chi connectivity index (χ2v) is 4.94. The van der Waals surface area contributed by atoms with E-state index in [0.717, 1.165) is 5.56 Å². The van der Waals surface area contributed by atoms with E-state index >= 15 is 0 Å². The molecule has 2 aromatic rings. The fraction of sp³-hybridized carbons (Fsp3) is 0.353. The summed E-state index contributed by atoms with van der Waals surface area (Å²) in [5, 5.41) is 5.30. The highest BCUT2D eigenvalue weighted by atomic mass is 16.5. The van der Waals surface area contributed by atoms with Crippen molar-refractivity contribution in [2.75, 3.05) is 26.9 Å². The molecular weight excluding hydrogens is 266 g/mol. The van der Waals surface area contributed by atoms with E-state index < -0.39 is 0 Å². The summed E-state index contributed by atoms with van der Waals surface area (Å²) < 4.78 is 10.1. The molecule has 1 atom stereocenters. The quantitative estimate of drug-likeness (QED) is 0.796. The molecule has 0 saturated heterocycles. The number of nitrogens with one attached hydrogen (secondary N) is 1. The lowest BCUT2D eigenvalue weighted by molar-refractivity contribution is -0.126. The molecular formula is C17H21NO3. The zero-order valence-corrected chi connectivity index (χ0v) is 12.5. The summed E-state index contributed by atoms with van der Waals surface area (Å²) in [5.74, 6) is -0.119. The van der Waals surface area contributed by atoms with Gasteiger partial charge in [-0.15, -0.1) is 0 Å². The number of hydrogen-bond donors (Lipinski definition) is 1. The fourth-order valence-corrected chi connectivity index (χ4v) is 2.15. The van der Waals surface area contributed by atoms with Crippen LogP contribution in [0.1, 0.15) is 18.5 Å². The van der Waals surface area contributed by atoms with E-state index in [1.807, 2.05) is 25.1 Å². The number of fused-ring (bicyclic) bond motifs is 1. The fourth-order valence-electron chi connectivity index (χ4n) is 2.15. The Labute approximate surface area is 125 Å². The Morgan fingerprint density at radius 2 is 1.90 bits per heavy atom. The van der Waals surface area contributed by atoms with E-state index in [1.165, 1.54) is 10.8 Å². The average Bonchev–Trinajstić information content (AvgIpc) is 2.51. The van der Waals surface area contributed by atoms with Crippen LogP contribution in [0.25, 0.3) is 10.8 Å². The van der Waals surface area contributed by atoms with Crippen LogP contribution in [-0.2, 0) is 14.3 Å². The van der Waals surface area contributed by atoms with Gasteiger partial charge >= 0.3 is 0 Å². The minimum absolute atomic E-state index is 0.0480. The largest absolute Gasteiger partial charge is 0.382 e. The Hall–Kier alpha value is -1.91. The van der Waals surface area contributed by atoms with Crippen LogP contribution in [-0.4, -0.2) is 32.8 Å². The van der Waals surface area contributed by atoms with Gasteiger partial charge in [0.25, 0.3) is 0 Å². The molecule has 0 unspecified atom stereocenters. The zero-order valence-electron chi connectivity index (χ0n) is 12.5. The van der Waals surface area contributed by atoms with Gasteiger partial charge in [-0.05, 0) is 29.3 Å². The summed E-state index contributed by atoms with van der Waals surface area (Å²) in [6.07, 6.45) is 0. The van der Waals surface area contributed by atoms with Crippen molar-refractivity contribution in [2.24, 2.45) is 0 Å². The van der Waals surface area contributed by atoms with Gasteiger partial charge in [-0.25, -0.2) is 0 Å². The zero-order chi connectivity index (χ0) is 15.1. The lowest BCUT2D eigenvalue weighted by atomic mass is 10.0. The summed E-state index contributed by atoms with van der Waals surface area (Å²) >= 11 is 0. The van der Waals surface area contributed by atoms with Gasteiger partial charge in [0.2, 0.25) is 5.91 Å². The van der Waals surface area contributed by atoms with E-state index in [2.05, 4.69) is 29.6 Å². The number of amides is 1. The Balaban J connectivity index is 1.92. The van der Waals surface area contributed by atoms with Crippen LogP contribution in [0.4, 0.5) is 0 Å². The van der Waals surface area contributed by atoms with E-state index in [0.29, 0.717) is 13.2 Å². The molecule has 0 spiro atoms. The molecule has 0 aliphatic rings. The SMILES string of the molecule is COCCOCC(=O)N[C@@H](C)c1ccc2ccccc2c1. The number of carbonyl (C=O) groups is 1. The highest BCUT2D eigenvalue weighted by molar-refractivity contribution is 5.83. The molecule has 4 nitrogen and oxygen atoms in total. The third-order valence-electron chi connectivity index (χ3n) is 3.32. The van der Waals surface area contributed by atoms with Gasteiger partial charge in [0, 0.05) is 7.11 Å². The second-order valence-electron chi connectivity index (χ2n) is 4.94. The lowest BCUT2D eigenvalue weighted by Crippen LogP contribution is -2.30.